The van der Waals surface area contributed by atoms with Crippen LogP contribution in [0.15, 0.2) is 42.6 Å². The SMILES string of the molecule is CC(=O)NC(=O)Nc1ccc(Oc2ccnc(NC(=O)N(C)C3CCN(CCN(C)C)CC3)c2)cc1. The van der Waals surface area contributed by atoms with Gasteiger partial charge >= 0.3 is 12.1 Å². The number of nitrogens with one attached hydrogen (secondary N) is 3. The molecule has 0 unspecified atom stereocenters. The number of ether oxygens (including phenoxy) is 1. The van der Waals surface area contributed by atoms with E-state index in [1.807, 2.05) is 7.05 Å². The number of anilines is 2. The number of hydrogen-bond acceptors (Lipinski definition) is 7. The van der Waals surface area contributed by atoms with Gasteiger partial charge in [0.2, 0.25) is 5.91 Å². The van der Waals surface area contributed by atoms with E-state index in [-0.39, 0.29) is 12.1 Å². The molecule has 3 N–H and O–H groups in total. The number of likely N-dealkylation sites (tertiary alicyclic amines) is 1. The summed E-state index contributed by atoms with van der Waals surface area (Å²) in [5.74, 6) is 0.994. The Morgan fingerprint density at radius 1 is 1.03 bits per heavy atom. The summed E-state index contributed by atoms with van der Waals surface area (Å²) in [7, 11) is 5.98. The van der Waals surface area contributed by atoms with Crippen molar-refractivity contribution in [2.45, 2.75) is 25.8 Å². The van der Waals surface area contributed by atoms with Crippen molar-refractivity contribution in [3.8, 4) is 11.5 Å². The third kappa shape index (κ3) is 8.51. The number of carbonyl (C=O) groups excluding carboxylic acids is 3. The molecule has 0 bridgehead atoms. The Morgan fingerprint density at radius 2 is 1.72 bits per heavy atom. The van der Waals surface area contributed by atoms with E-state index in [1.165, 1.54) is 6.92 Å². The summed E-state index contributed by atoms with van der Waals surface area (Å²) in [6, 6.07) is 9.39. The van der Waals surface area contributed by atoms with Crippen molar-refractivity contribution in [3.63, 3.8) is 0 Å². The minimum absolute atomic E-state index is 0.185. The Morgan fingerprint density at radius 3 is 2.36 bits per heavy atom. The molecule has 1 fully saturated rings. The number of carbonyl (C=O) groups is 3. The lowest BCUT2D eigenvalue weighted by atomic mass is 10.0. The average molecular weight is 498 g/mol. The van der Waals surface area contributed by atoms with E-state index in [4.69, 9.17) is 4.74 Å². The second kappa shape index (κ2) is 12.8. The van der Waals surface area contributed by atoms with Crippen LogP contribution in [-0.4, -0.2) is 91.0 Å². The molecule has 2 aromatic rings. The number of pyridine rings is 1. The predicted octanol–water partition coefficient (Wildman–Crippen LogP) is 3.03. The second-order valence-electron chi connectivity index (χ2n) is 9.06. The number of imide groups is 1. The predicted molar refractivity (Wildman–Crippen MR) is 138 cm³/mol. The lowest BCUT2D eigenvalue weighted by Gasteiger charge is -2.37. The summed E-state index contributed by atoms with van der Waals surface area (Å²) in [4.78, 5) is 46.0. The number of hydrogen-bond donors (Lipinski definition) is 3. The van der Waals surface area contributed by atoms with Crippen molar-refractivity contribution in [2.24, 2.45) is 0 Å². The molecule has 0 atom stereocenters. The van der Waals surface area contributed by atoms with E-state index in [2.05, 4.69) is 44.8 Å². The fourth-order valence-corrected chi connectivity index (χ4v) is 3.84. The molecule has 0 spiro atoms. The molecular weight excluding hydrogens is 462 g/mol. The molecule has 2 heterocycles. The molecular formula is C25H35N7O4. The Hall–Kier alpha value is -3.70. The number of benzene rings is 1. The minimum Gasteiger partial charge on any atom is -0.457 e. The highest BCUT2D eigenvalue weighted by atomic mass is 16.5. The number of aromatic nitrogens is 1. The maximum absolute atomic E-state index is 12.8. The van der Waals surface area contributed by atoms with Gasteiger partial charge in [0, 0.05) is 64.1 Å². The lowest BCUT2D eigenvalue weighted by Crippen LogP contribution is -2.48. The van der Waals surface area contributed by atoms with Crippen molar-refractivity contribution >= 4 is 29.5 Å². The monoisotopic (exact) mass is 497 g/mol. The quantitative estimate of drug-likeness (QED) is 0.513. The van der Waals surface area contributed by atoms with Gasteiger partial charge in [-0.3, -0.25) is 15.4 Å². The minimum atomic E-state index is -0.606. The zero-order valence-corrected chi connectivity index (χ0v) is 21.3. The highest BCUT2D eigenvalue weighted by molar-refractivity contribution is 6.00. The first kappa shape index (κ1) is 26.9. The lowest BCUT2D eigenvalue weighted by molar-refractivity contribution is -0.117. The number of piperidine rings is 1. The molecule has 11 heteroatoms. The molecule has 36 heavy (non-hydrogen) atoms. The molecule has 1 saturated heterocycles. The van der Waals surface area contributed by atoms with Crippen molar-refractivity contribution in [3.05, 3.63) is 42.6 Å². The van der Waals surface area contributed by atoms with Gasteiger partial charge in [0.05, 0.1) is 0 Å². The highest BCUT2D eigenvalue weighted by Crippen LogP contribution is 2.25. The largest absolute Gasteiger partial charge is 0.457 e. The fraction of sp³-hybridized carbons (Fsp3) is 0.440. The van der Waals surface area contributed by atoms with Gasteiger partial charge in [-0.1, -0.05) is 0 Å². The molecule has 1 aliphatic rings. The van der Waals surface area contributed by atoms with E-state index in [0.29, 0.717) is 23.0 Å². The van der Waals surface area contributed by atoms with Gasteiger partial charge in [-0.15, -0.1) is 0 Å². The molecule has 0 radical (unpaired) electrons. The first-order chi connectivity index (χ1) is 17.2. The molecule has 3 rings (SSSR count). The summed E-state index contributed by atoms with van der Waals surface area (Å²) < 4.78 is 5.86. The Labute approximate surface area is 211 Å². The van der Waals surface area contributed by atoms with Gasteiger partial charge in [-0.2, -0.15) is 0 Å². The van der Waals surface area contributed by atoms with Crippen molar-refractivity contribution in [1.82, 2.24) is 25.0 Å². The second-order valence-corrected chi connectivity index (χ2v) is 9.06. The Bertz CT molecular complexity index is 1040. The van der Waals surface area contributed by atoms with E-state index in [9.17, 15) is 14.4 Å². The van der Waals surface area contributed by atoms with Crippen LogP contribution in [0.5, 0.6) is 11.5 Å². The zero-order valence-electron chi connectivity index (χ0n) is 21.3. The molecule has 1 aliphatic heterocycles. The van der Waals surface area contributed by atoms with Crippen LogP contribution in [0.1, 0.15) is 19.8 Å². The molecule has 11 nitrogen and oxygen atoms in total. The van der Waals surface area contributed by atoms with Crippen LogP contribution in [0.25, 0.3) is 0 Å². The normalized spacial score (nSPS) is 14.2. The average Bonchev–Trinajstić information content (AvgIpc) is 2.83. The molecule has 1 aromatic carbocycles. The number of amides is 5. The van der Waals surface area contributed by atoms with Gasteiger partial charge in [-0.25, -0.2) is 14.6 Å². The Kier molecular flexibility index (Phi) is 9.60. The molecule has 194 valence electrons. The highest BCUT2D eigenvalue weighted by Gasteiger charge is 2.25. The molecule has 5 amide bonds. The maximum atomic E-state index is 12.8. The number of nitrogens with zero attached hydrogens (tertiary/aromatic N) is 4. The van der Waals surface area contributed by atoms with Gasteiger partial charge in [-0.05, 0) is 57.3 Å². The van der Waals surface area contributed by atoms with Crippen molar-refractivity contribution in [1.29, 1.82) is 0 Å². The standard InChI is InChI=1S/C25H35N7O4/c1-18(33)27-24(34)28-19-5-7-21(8-6-19)36-22-9-12-26-23(17-22)29-25(35)31(4)20-10-13-32(14-11-20)16-15-30(2)3/h5-9,12,17,20H,10-11,13-16H2,1-4H3,(H,26,29,35)(H2,27,28,33,34). The van der Waals surface area contributed by atoms with Crippen LogP contribution < -0.4 is 20.7 Å². The molecule has 0 saturated carbocycles. The van der Waals surface area contributed by atoms with E-state index >= 15 is 0 Å². The van der Waals surface area contributed by atoms with Crippen LogP contribution in [0, 0.1) is 0 Å². The molecule has 0 aliphatic carbocycles. The first-order valence-electron chi connectivity index (χ1n) is 11.9. The van der Waals surface area contributed by atoms with Crippen LogP contribution in [0.2, 0.25) is 0 Å². The topological polar surface area (TPSA) is 119 Å². The summed E-state index contributed by atoms with van der Waals surface area (Å²) in [6.45, 7) is 5.29. The van der Waals surface area contributed by atoms with Crippen molar-refractivity contribution < 1.29 is 19.1 Å². The van der Waals surface area contributed by atoms with Crippen LogP contribution in [0.3, 0.4) is 0 Å². The summed E-state index contributed by atoms with van der Waals surface area (Å²) in [5.41, 5.74) is 0.510. The van der Waals surface area contributed by atoms with Crippen LogP contribution >= 0.6 is 0 Å². The van der Waals surface area contributed by atoms with E-state index < -0.39 is 11.9 Å². The zero-order chi connectivity index (χ0) is 26.1. The van der Waals surface area contributed by atoms with Crippen LogP contribution in [-0.2, 0) is 4.79 Å². The number of rotatable bonds is 8. The van der Waals surface area contributed by atoms with Gasteiger partial charge in [0.15, 0.2) is 0 Å². The van der Waals surface area contributed by atoms with Gasteiger partial charge in [0.1, 0.15) is 17.3 Å². The summed E-state index contributed by atoms with van der Waals surface area (Å²) in [6.07, 6.45) is 3.45. The fourth-order valence-electron chi connectivity index (χ4n) is 3.84. The number of likely N-dealkylation sites (N-methyl/N-ethyl adjacent to an activating group) is 1. The summed E-state index contributed by atoms with van der Waals surface area (Å²) >= 11 is 0. The third-order valence-corrected chi connectivity index (χ3v) is 5.89. The van der Waals surface area contributed by atoms with Crippen LogP contribution in [0.4, 0.5) is 21.1 Å². The maximum Gasteiger partial charge on any atom is 0.325 e. The number of urea groups is 2. The first-order valence-corrected chi connectivity index (χ1v) is 11.9. The van der Waals surface area contributed by atoms with Gasteiger partial charge < -0.3 is 24.8 Å². The van der Waals surface area contributed by atoms with Crippen molar-refractivity contribution in [2.75, 3.05) is 58.0 Å². The van der Waals surface area contributed by atoms with E-state index in [0.717, 1.165) is 39.0 Å². The van der Waals surface area contributed by atoms with Gasteiger partial charge in [0.25, 0.3) is 0 Å². The Balaban J connectivity index is 1.50. The smallest absolute Gasteiger partial charge is 0.325 e. The molecule has 1 aromatic heterocycles. The van der Waals surface area contributed by atoms with E-state index in [1.54, 1.807) is 47.5 Å². The third-order valence-electron chi connectivity index (χ3n) is 5.89. The summed E-state index contributed by atoms with van der Waals surface area (Å²) in [5, 5.41) is 7.55.